The lowest BCUT2D eigenvalue weighted by molar-refractivity contribution is 0.427. The van der Waals surface area contributed by atoms with Crippen LogP contribution in [0.15, 0.2) is 17.0 Å². The van der Waals surface area contributed by atoms with Gasteiger partial charge in [-0.25, -0.2) is 22.2 Å². The van der Waals surface area contributed by atoms with Crippen molar-refractivity contribution >= 4 is 26.7 Å². The van der Waals surface area contributed by atoms with Crippen LogP contribution in [0.2, 0.25) is 0 Å². The number of anilines is 1. The maximum absolute atomic E-state index is 14.1. The Balaban J connectivity index is 1.83. The van der Waals surface area contributed by atoms with Crippen molar-refractivity contribution in [2.24, 2.45) is 0 Å². The summed E-state index contributed by atoms with van der Waals surface area (Å²) >= 11 is 1.27. The van der Waals surface area contributed by atoms with E-state index in [4.69, 9.17) is 0 Å². The molecule has 1 aliphatic heterocycles. The predicted molar refractivity (Wildman–Crippen MR) is 91.3 cm³/mol. The van der Waals surface area contributed by atoms with E-state index in [2.05, 4.69) is 9.36 Å². The molecule has 0 amide bonds. The summed E-state index contributed by atoms with van der Waals surface area (Å²) in [4.78, 5) is 5.82. The van der Waals surface area contributed by atoms with Gasteiger partial charge in [-0.15, -0.1) is 0 Å². The smallest absolute Gasteiger partial charge is 0.246 e. The molecule has 1 aliphatic rings. The molecule has 0 atom stereocenters. The second kappa shape index (κ2) is 6.93. The van der Waals surface area contributed by atoms with Gasteiger partial charge in [0, 0.05) is 43.8 Å². The fourth-order valence-electron chi connectivity index (χ4n) is 2.71. The fourth-order valence-corrected chi connectivity index (χ4v) is 5.03. The summed E-state index contributed by atoms with van der Waals surface area (Å²) in [7, 11) is -4.02. The van der Waals surface area contributed by atoms with E-state index in [0.717, 1.165) is 11.2 Å². The van der Waals surface area contributed by atoms with E-state index in [1.807, 2.05) is 4.90 Å². The molecule has 25 heavy (non-hydrogen) atoms. The molecule has 0 bridgehead atoms. The number of rotatable bonds is 3. The molecule has 2 heterocycles. The van der Waals surface area contributed by atoms with Gasteiger partial charge in [0.25, 0.3) is 0 Å². The van der Waals surface area contributed by atoms with Crippen molar-refractivity contribution in [2.45, 2.75) is 25.2 Å². The van der Waals surface area contributed by atoms with Crippen LogP contribution in [0.5, 0.6) is 0 Å². The van der Waals surface area contributed by atoms with E-state index in [-0.39, 0.29) is 18.7 Å². The minimum absolute atomic E-state index is 0.0979. The van der Waals surface area contributed by atoms with Crippen molar-refractivity contribution in [3.8, 4) is 0 Å². The molecule has 0 aliphatic carbocycles. The average molecular weight is 388 g/mol. The highest BCUT2D eigenvalue weighted by Crippen LogP contribution is 2.25. The first-order valence-corrected chi connectivity index (χ1v) is 10.0. The minimum atomic E-state index is -4.02. The van der Waals surface area contributed by atoms with Gasteiger partial charge >= 0.3 is 0 Å². The van der Waals surface area contributed by atoms with E-state index in [1.165, 1.54) is 22.8 Å². The Labute approximate surface area is 149 Å². The second-order valence-electron chi connectivity index (χ2n) is 5.90. The Morgan fingerprint density at radius 2 is 1.84 bits per heavy atom. The molecule has 3 rings (SSSR count). The van der Waals surface area contributed by atoms with Gasteiger partial charge in [0.1, 0.15) is 22.4 Å². The number of aryl methyl sites for hydroxylation is 2. The van der Waals surface area contributed by atoms with Gasteiger partial charge in [-0.1, -0.05) is 0 Å². The van der Waals surface area contributed by atoms with E-state index in [1.54, 1.807) is 6.92 Å². The van der Waals surface area contributed by atoms with E-state index >= 15 is 0 Å². The average Bonchev–Trinajstić information content (AvgIpc) is 2.83. The SMILES string of the molecule is Cc1nsc(N2CCCN(S(=O)(=O)c3cc(C)c(F)cc3F)CC2)n1. The maximum Gasteiger partial charge on any atom is 0.246 e. The molecule has 136 valence electrons. The highest BCUT2D eigenvalue weighted by molar-refractivity contribution is 7.89. The van der Waals surface area contributed by atoms with Crippen molar-refractivity contribution in [1.82, 2.24) is 13.7 Å². The highest BCUT2D eigenvalue weighted by atomic mass is 32.2. The monoisotopic (exact) mass is 388 g/mol. The zero-order chi connectivity index (χ0) is 18.2. The lowest BCUT2D eigenvalue weighted by atomic mass is 10.2. The van der Waals surface area contributed by atoms with Crippen LogP contribution in [0.1, 0.15) is 17.8 Å². The van der Waals surface area contributed by atoms with Crippen LogP contribution in [-0.4, -0.2) is 48.3 Å². The van der Waals surface area contributed by atoms with Crippen molar-refractivity contribution in [3.63, 3.8) is 0 Å². The third kappa shape index (κ3) is 3.65. The van der Waals surface area contributed by atoms with Crippen LogP contribution in [0, 0.1) is 25.5 Å². The zero-order valence-electron chi connectivity index (χ0n) is 13.9. The van der Waals surface area contributed by atoms with Gasteiger partial charge < -0.3 is 4.90 Å². The number of sulfonamides is 1. The fraction of sp³-hybridized carbons (Fsp3) is 0.467. The molecule has 1 fully saturated rings. The van der Waals surface area contributed by atoms with Crippen LogP contribution < -0.4 is 4.90 Å². The molecule has 1 aromatic heterocycles. The summed E-state index contributed by atoms with van der Waals surface area (Å²) in [6.45, 7) is 4.77. The van der Waals surface area contributed by atoms with E-state index in [9.17, 15) is 17.2 Å². The number of aromatic nitrogens is 2. The predicted octanol–water partition coefficient (Wildman–Crippen LogP) is 2.33. The molecule has 1 aromatic carbocycles. The largest absolute Gasteiger partial charge is 0.345 e. The first-order valence-electron chi connectivity index (χ1n) is 7.80. The Morgan fingerprint density at radius 3 is 2.52 bits per heavy atom. The van der Waals surface area contributed by atoms with Crippen molar-refractivity contribution in [2.75, 3.05) is 31.1 Å². The molecule has 0 spiro atoms. The van der Waals surface area contributed by atoms with Crippen LogP contribution in [0.4, 0.5) is 13.9 Å². The van der Waals surface area contributed by atoms with Gasteiger partial charge in [-0.3, -0.25) is 0 Å². The summed E-state index contributed by atoms with van der Waals surface area (Å²) in [5, 5.41) is 0.751. The number of benzene rings is 1. The molecular formula is C15H18F2N4O2S2. The second-order valence-corrected chi connectivity index (χ2v) is 8.54. The lowest BCUT2D eigenvalue weighted by Crippen LogP contribution is -2.35. The molecule has 10 heteroatoms. The Hall–Kier alpha value is -1.65. The van der Waals surface area contributed by atoms with Crippen LogP contribution in [-0.2, 0) is 10.0 Å². The third-order valence-electron chi connectivity index (χ3n) is 4.07. The van der Waals surface area contributed by atoms with Gasteiger partial charge in [-0.2, -0.15) is 8.68 Å². The van der Waals surface area contributed by atoms with Crippen molar-refractivity contribution < 1.29 is 17.2 Å². The zero-order valence-corrected chi connectivity index (χ0v) is 15.5. The maximum atomic E-state index is 14.1. The molecule has 6 nitrogen and oxygen atoms in total. The Kier molecular flexibility index (Phi) is 5.03. The van der Waals surface area contributed by atoms with Crippen LogP contribution >= 0.6 is 11.5 Å². The molecule has 0 unspecified atom stereocenters. The summed E-state index contributed by atoms with van der Waals surface area (Å²) < 4.78 is 58.5. The number of hydrogen-bond donors (Lipinski definition) is 0. The van der Waals surface area contributed by atoms with Crippen molar-refractivity contribution in [3.05, 3.63) is 35.2 Å². The molecule has 0 saturated carbocycles. The summed E-state index contributed by atoms with van der Waals surface area (Å²) in [5.74, 6) is -1.15. The van der Waals surface area contributed by atoms with Gasteiger partial charge in [0.15, 0.2) is 0 Å². The first-order chi connectivity index (χ1) is 11.8. The van der Waals surface area contributed by atoms with E-state index < -0.39 is 26.6 Å². The molecular weight excluding hydrogens is 370 g/mol. The normalized spacial score (nSPS) is 16.9. The molecule has 0 N–H and O–H groups in total. The number of halogens is 2. The third-order valence-corrected chi connectivity index (χ3v) is 6.86. The summed E-state index contributed by atoms with van der Waals surface area (Å²) in [5.41, 5.74) is 0.0979. The summed E-state index contributed by atoms with van der Waals surface area (Å²) in [6.07, 6.45) is 0.583. The topological polar surface area (TPSA) is 66.4 Å². The van der Waals surface area contributed by atoms with Gasteiger partial charge in [0.05, 0.1) is 0 Å². The summed E-state index contributed by atoms with van der Waals surface area (Å²) in [6, 6.07) is 1.67. The quantitative estimate of drug-likeness (QED) is 0.807. The molecule has 2 aromatic rings. The lowest BCUT2D eigenvalue weighted by Gasteiger charge is -2.21. The Bertz CT molecular complexity index is 886. The highest BCUT2D eigenvalue weighted by Gasteiger charge is 2.30. The van der Waals surface area contributed by atoms with Gasteiger partial charge in [0.2, 0.25) is 15.2 Å². The van der Waals surface area contributed by atoms with Crippen molar-refractivity contribution in [1.29, 1.82) is 0 Å². The van der Waals surface area contributed by atoms with Crippen LogP contribution in [0.25, 0.3) is 0 Å². The molecule has 0 radical (unpaired) electrons. The van der Waals surface area contributed by atoms with Gasteiger partial charge in [-0.05, 0) is 31.9 Å². The number of hydrogen-bond acceptors (Lipinski definition) is 6. The number of nitrogens with zero attached hydrogens (tertiary/aromatic N) is 4. The molecule has 1 saturated heterocycles. The Morgan fingerprint density at radius 1 is 1.08 bits per heavy atom. The first kappa shape index (κ1) is 18.2. The van der Waals surface area contributed by atoms with Crippen LogP contribution in [0.3, 0.4) is 0 Å². The standard InChI is InChI=1S/C15H18F2N4O2S2/c1-10-8-14(13(17)9-12(10)16)25(22,23)21-5-3-4-20(6-7-21)15-18-11(2)19-24-15/h8-9H,3-7H2,1-2H3. The van der Waals surface area contributed by atoms with E-state index in [0.29, 0.717) is 31.4 Å². The minimum Gasteiger partial charge on any atom is -0.345 e.